The lowest BCUT2D eigenvalue weighted by atomic mass is 10.1. The van der Waals surface area contributed by atoms with Crippen LogP contribution in [0.3, 0.4) is 0 Å². The Morgan fingerprint density at radius 1 is 1.14 bits per heavy atom. The molecule has 1 atom stereocenters. The van der Waals surface area contributed by atoms with E-state index in [1.165, 1.54) is 11.3 Å². The second kappa shape index (κ2) is 6.35. The van der Waals surface area contributed by atoms with Gasteiger partial charge in [0.1, 0.15) is 17.6 Å². The van der Waals surface area contributed by atoms with Crippen LogP contribution < -0.4 is 5.32 Å². The van der Waals surface area contributed by atoms with Crippen LogP contribution >= 0.6 is 22.9 Å². The first-order valence-electron chi connectivity index (χ1n) is 6.52. The Morgan fingerprint density at radius 2 is 1.95 bits per heavy atom. The third kappa shape index (κ3) is 3.47. The third-order valence-corrected chi connectivity index (χ3v) is 4.45. The Bertz CT molecular complexity index is 691. The lowest BCUT2D eigenvalue weighted by molar-refractivity contribution is 0.448. The number of benzene rings is 1. The molecule has 0 saturated carbocycles. The van der Waals surface area contributed by atoms with Crippen molar-refractivity contribution in [3.8, 4) is 5.75 Å². The largest absolute Gasteiger partial charge is 0.508 e. The van der Waals surface area contributed by atoms with E-state index in [0.717, 1.165) is 20.5 Å². The first kappa shape index (κ1) is 14.2. The molecule has 0 bridgehead atoms. The lowest BCUT2D eigenvalue weighted by Gasteiger charge is -2.15. The molecule has 2 aromatic heterocycles. The van der Waals surface area contributed by atoms with Crippen LogP contribution in [0, 0.1) is 0 Å². The monoisotopic (exact) mass is 319 g/mol. The van der Waals surface area contributed by atoms with Crippen molar-refractivity contribution in [1.82, 2.24) is 5.32 Å². The molecule has 3 nitrogen and oxygen atoms in total. The molecule has 0 radical (unpaired) electrons. The van der Waals surface area contributed by atoms with Crippen LogP contribution in [0.4, 0.5) is 0 Å². The van der Waals surface area contributed by atoms with Gasteiger partial charge in [0, 0.05) is 11.4 Å². The summed E-state index contributed by atoms with van der Waals surface area (Å²) in [5.74, 6) is 1.12. The molecule has 0 aliphatic heterocycles. The maximum atomic E-state index is 9.32. The molecule has 108 valence electrons. The molecule has 5 heteroatoms. The number of hydrogen-bond acceptors (Lipinski definition) is 4. The number of thiophene rings is 1. The summed E-state index contributed by atoms with van der Waals surface area (Å²) in [5.41, 5.74) is 1.09. The fraction of sp³-hybridized carbons (Fsp3) is 0.125. The first-order valence-corrected chi connectivity index (χ1v) is 7.72. The van der Waals surface area contributed by atoms with Gasteiger partial charge in [-0.25, -0.2) is 0 Å². The number of hydrogen-bond donors (Lipinski definition) is 2. The van der Waals surface area contributed by atoms with E-state index in [0.29, 0.717) is 6.54 Å². The SMILES string of the molecule is Oc1ccc(CNC(c2ccco2)c2ccc(Cl)s2)cc1. The van der Waals surface area contributed by atoms with E-state index in [2.05, 4.69) is 5.32 Å². The number of rotatable bonds is 5. The number of phenols is 1. The van der Waals surface area contributed by atoms with Gasteiger partial charge in [0.05, 0.1) is 10.6 Å². The lowest BCUT2D eigenvalue weighted by Crippen LogP contribution is -2.20. The Labute approximate surface area is 131 Å². The molecular formula is C16H14ClNO2S. The molecule has 0 spiro atoms. The zero-order valence-electron chi connectivity index (χ0n) is 11.1. The van der Waals surface area contributed by atoms with Crippen molar-refractivity contribution in [2.75, 3.05) is 0 Å². The van der Waals surface area contributed by atoms with Crippen molar-refractivity contribution in [1.29, 1.82) is 0 Å². The minimum atomic E-state index is -0.0358. The zero-order valence-corrected chi connectivity index (χ0v) is 12.7. The molecule has 0 amide bonds. The van der Waals surface area contributed by atoms with E-state index in [1.807, 2.05) is 36.4 Å². The van der Waals surface area contributed by atoms with Crippen molar-refractivity contribution in [2.45, 2.75) is 12.6 Å². The Hall–Kier alpha value is -1.75. The van der Waals surface area contributed by atoms with Gasteiger partial charge in [-0.3, -0.25) is 5.32 Å². The summed E-state index contributed by atoms with van der Waals surface area (Å²) in [6.07, 6.45) is 1.67. The average Bonchev–Trinajstić information content (AvgIpc) is 3.13. The molecule has 21 heavy (non-hydrogen) atoms. The van der Waals surface area contributed by atoms with Crippen LogP contribution in [-0.2, 0) is 6.54 Å². The highest BCUT2D eigenvalue weighted by atomic mass is 35.5. The summed E-state index contributed by atoms with van der Waals surface area (Å²) in [7, 11) is 0. The summed E-state index contributed by atoms with van der Waals surface area (Å²) in [4.78, 5) is 1.11. The topological polar surface area (TPSA) is 45.4 Å². The number of aromatic hydroxyl groups is 1. The van der Waals surface area contributed by atoms with Gasteiger partial charge >= 0.3 is 0 Å². The number of phenolic OH excluding ortho intramolecular Hbond substituents is 1. The van der Waals surface area contributed by atoms with Crippen molar-refractivity contribution < 1.29 is 9.52 Å². The van der Waals surface area contributed by atoms with Crippen LogP contribution in [0.5, 0.6) is 5.75 Å². The molecule has 0 saturated heterocycles. The molecule has 0 fully saturated rings. The summed E-state index contributed by atoms with van der Waals surface area (Å²) in [6.45, 7) is 0.668. The second-order valence-electron chi connectivity index (χ2n) is 4.64. The predicted molar refractivity (Wildman–Crippen MR) is 84.8 cm³/mol. The second-order valence-corrected chi connectivity index (χ2v) is 6.38. The molecular weight excluding hydrogens is 306 g/mol. The summed E-state index contributed by atoms with van der Waals surface area (Å²) in [6, 6.07) is 14.8. The standard InChI is InChI=1S/C16H14ClNO2S/c17-15-8-7-14(21-15)16(13-2-1-9-20-13)18-10-11-3-5-12(19)6-4-11/h1-9,16,18-19H,10H2. The minimum absolute atomic E-state index is 0.0358. The number of furan rings is 1. The van der Waals surface area contributed by atoms with Gasteiger partial charge in [0.25, 0.3) is 0 Å². The Balaban J connectivity index is 1.78. The van der Waals surface area contributed by atoms with Crippen LogP contribution in [-0.4, -0.2) is 5.11 Å². The number of halogens is 1. The van der Waals surface area contributed by atoms with Gasteiger partial charge in [-0.2, -0.15) is 0 Å². The molecule has 0 aliphatic carbocycles. The van der Waals surface area contributed by atoms with Gasteiger partial charge < -0.3 is 9.52 Å². The maximum absolute atomic E-state index is 9.32. The quantitative estimate of drug-likeness (QED) is 0.723. The van der Waals surface area contributed by atoms with Crippen molar-refractivity contribution in [2.24, 2.45) is 0 Å². The minimum Gasteiger partial charge on any atom is -0.508 e. The van der Waals surface area contributed by atoms with Crippen molar-refractivity contribution >= 4 is 22.9 Å². The fourth-order valence-corrected chi connectivity index (χ4v) is 3.26. The van der Waals surface area contributed by atoms with E-state index in [9.17, 15) is 5.11 Å². The summed E-state index contributed by atoms with van der Waals surface area (Å²) >= 11 is 7.57. The molecule has 0 aliphatic rings. The zero-order chi connectivity index (χ0) is 14.7. The molecule has 1 aromatic carbocycles. The van der Waals surface area contributed by atoms with Gasteiger partial charge in [-0.05, 0) is 42.0 Å². The molecule has 3 rings (SSSR count). The fourth-order valence-electron chi connectivity index (χ4n) is 2.11. The highest BCUT2D eigenvalue weighted by Crippen LogP contribution is 2.31. The molecule has 2 N–H and O–H groups in total. The smallest absolute Gasteiger partial charge is 0.126 e. The molecule has 3 aromatic rings. The highest BCUT2D eigenvalue weighted by Gasteiger charge is 2.18. The van der Waals surface area contributed by atoms with Crippen LogP contribution in [0.1, 0.15) is 22.2 Å². The van der Waals surface area contributed by atoms with Crippen LogP contribution in [0.2, 0.25) is 4.34 Å². The highest BCUT2D eigenvalue weighted by molar-refractivity contribution is 7.16. The van der Waals surface area contributed by atoms with Crippen molar-refractivity contribution in [3.63, 3.8) is 0 Å². The van der Waals surface area contributed by atoms with E-state index >= 15 is 0 Å². The maximum Gasteiger partial charge on any atom is 0.126 e. The number of nitrogens with one attached hydrogen (secondary N) is 1. The van der Waals surface area contributed by atoms with E-state index in [4.69, 9.17) is 16.0 Å². The van der Waals surface area contributed by atoms with E-state index in [1.54, 1.807) is 18.4 Å². The molecule has 2 heterocycles. The third-order valence-electron chi connectivity index (χ3n) is 3.15. The van der Waals surface area contributed by atoms with Crippen LogP contribution in [0.25, 0.3) is 0 Å². The van der Waals surface area contributed by atoms with Gasteiger partial charge in [-0.1, -0.05) is 23.7 Å². The van der Waals surface area contributed by atoms with E-state index < -0.39 is 0 Å². The normalized spacial score (nSPS) is 12.4. The summed E-state index contributed by atoms with van der Waals surface area (Å²) in [5, 5.41) is 12.8. The van der Waals surface area contributed by atoms with Crippen molar-refractivity contribution in [3.05, 3.63) is 75.3 Å². The predicted octanol–water partition coefficient (Wildman–Crippen LogP) is 4.58. The Kier molecular flexibility index (Phi) is 4.29. The average molecular weight is 320 g/mol. The molecule has 1 unspecified atom stereocenters. The first-order chi connectivity index (χ1) is 10.2. The summed E-state index contributed by atoms with van der Waals surface area (Å²) < 4.78 is 6.29. The van der Waals surface area contributed by atoms with E-state index in [-0.39, 0.29) is 11.8 Å². The van der Waals surface area contributed by atoms with Gasteiger partial charge in [-0.15, -0.1) is 11.3 Å². The van der Waals surface area contributed by atoms with Crippen LogP contribution in [0.15, 0.2) is 59.2 Å². The van der Waals surface area contributed by atoms with Gasteiger partial charge in [0.15, 0.2) is 0 Å². The Morgan fingerprint density at radius 3 is 2.57 bits per heavy atom. The van der Waals surface area contributed by atoms with Gasteiger partial charge in [0.2, 0.25) is 0 Å².